The number of hydrogen-bond donors (Lipinski definition) is 2. The smallest absolute Gasteiger partial charge is 0.338 e. The lowest BCUT2D eigenvalue weighted by molar-refractivity contribution is 0.0505. The number of rotatable bonds is 5. The molecule has 0 aliphatic heterocycles. The Morgan fingerprint density at radius 1 is 1.29 bits per heavy atom. The molecular weight excluding hydrogens is 332 g/mol. The van der Waals surface area contributed by atoms with Gasteiger partial charge in [-0.1, -0.05) is 28.9 Å². The minimum absolute atomic E-state index is 0.349. The Morgan fingerprint density at radius 3 is 2.76 bits per heavy atom. The highest BCUT2D eigenvalue weighted by atomic mass is 79.9. The normalized spacial score (nSPS) is 10.2. The van der Waals surface area contributed by atoms with Crippen molar-refractivity contribution in [3.8, 4) is 0 Å². The lowest BCUT2D eigenvalue weighted by atomic mass is 10.1. The van der Waals surface area contributed by atoms with Gasteiger partial charge in [0.2, 0.25) is 0 Å². The summed E-state index contributed by atoms with van der Waals surface area (Å²) in [4.78, 5) is 11.8. The highest BCUT2D eigenvalue weighted by molar-refractivity contribution is 9.10. The standard InChI is InChI=1S/C16H17BrN2O2/c1-2-8-21-16(20)11-6-7-15(14(18)9-11)19-13-5-3-4-12(17)10-13/h3-7,9-10,19H,2,8,18H2,1H3. The summed E-state index contributed by atoms with van der Waals surface area (Å²) in [5.41, 5.74) is 8.62. The second kappa shape index (κ2) is 7.13. The summed E-state index contributed by atoms with van der Waals surface area (Å²) in [6, 6.07) is 12.9. The van der Waals surface area contributed by atoms with Gasteiger partial charge in [0.15, 0.2) is 0 Å². The van der Waals surface area contributed by atoms with Gasteiger partial charge in [0.1, 0.15) is 0 Å². The van der Waals surface area contributed by atoms with Gasteiger partial charge in [0.05, 0.1) is 23.5 Å². The van der Waals surface area contributed by atoms with E-state index in [1.54, 1.807) is 18.2 Å². The maximum Gasteiger partial charge on any atom is 0.338 e. The van der Waals surface area contributed by atoms with Crippen LogP contribution in [0, 0.1) is 0 Å². The number of nitrogens with one attached hydrogen (secondary N) is 1. The lowest BCUT2D eigenvalue weighted by Crippen LogP contribution is -2.07. The molecule has 0 heterocycles. The molecule has 110 valence electrons. The van der Waals surface area contributed by atoms with E-state index in [2.05, 4.69) is 21.2 Å². The maximum absolute atomic E-state index is 11.8. The van der Waals surface area contributed by atoms with Gasteiger partial charge in [-0.2, -0.15) is 0 Å². The first-order valence-corrected chi connectivity index (χ1v) is 7.48. The van der Waals surface area contributed by atoms with Gasteiger partial charge in [-0.25, -0.2) is 4.79 Å². The van der Waals surface area contributed by atoms with Crippen molar-refractivity contribution < 1.29 is 9.53 Å². The Hall–Kier alpha value is -2.01. The number of halogens is 1. The molecule has 5 heteroatoms. The highest BCUT2D eigenvalue weighted by Gasteiger charge is 2.09. The van der Waals surface area contributed by atoms with Gasteiger partial charge in [-0.05, 0) is 42.8 Å². The van der Waals surface area contributed by atoms with E-state index in [1.165, 1.54) is 0 Å². The third-order valence-corrected chi connectivity index (χ3v) is 3.32. The molecule has 0 atom stereocenters. The average molecular weight is 349 g/mol. The van der Waals surface area contributed by atoms with E-state index in [0.29, 0.717) is 17.9 Å². The molecule has 0 aliphatic carbocycles. The molecule has 0 bridgehead atoms. The van der Waals surface area contributed by atoms with E-state index in [-0.39, 0.29) is 5.97 Å². The van der Waals surface area contributed by atoms with Gasteiger partial charge in [-0.3, -0.25) is 0 Å². The van der Waals surface area contributed by atoms with Crippen molar-refractivity contribution in [1.82, 2.24) is 0 Å². The molecule has 0 saturated carbocycles. The first kappa shape index (κ1) is 15.4. The molecule has 0 saturated heterocycles. The van der Waals surface area contributed by atoms with Gasteiger partial charge in [0, 0.05) is 10.2 Å². The van der Waals surface area contributed by atoms with E-state index < -0.39 is 0 Å². The first-order chi connectivity index (χ1) is 10.1. The molecule has 2 rings (SSSR count). The molecule has 0 aromatic heterocycles. The number of nitrogen functional groups attached to an aromatic ring is 1. The monoisotopic (exact) mass is 348 g/mol. The molecule has 21 heavy (non-hydrogen) atoms. The van der Waals surface area contributed by atoms with Crippen molar-refractivity contribution in [2.24, 2.45) is 0 Å². The summed E-state index contributed by atoms with van der Waals surface area (Å²) in [5, 5.41) is 3.22. The summed E-state index contributed by atoms with van der Waals surface area (Å²) in [5.74, 6) is -0.349. The third-order valence-electron chi connectivity index (χ3n) is 2.83. The van der Waals surface area contributed by atoms with Crippen molar-refractivity contribution >= 4 is 39.0 Å². The fourth-order valence-electron chi connectivity index (χ4n) is 1.80. The van der Waals surface area contributed by atoms with Gasteiger partial charge >= 0.3 is 5.97 Å². The highest BCUT2D eigenvalue weighted by Crippen LogP contribution is 2.26. The molecule has 0 unspecified atom stereocenters. The summed E-state index contributed by atoms with van der Waals surface area (Å²) in [7, 11) is 0. The van der Waals surface area contributed by atoms with Gasteiger partial charge in [-0.15, -0.1) is 0 Å². The molecule has 0 aliphatic rings. The van der Waals surface area contributed by atoms with Crippen LogP contribution in [0.25, 0.3) is 0 Å². The van der Waals surface area contributed by atoms with Crippen LogP contribution < -0.4 is 11.1 Å². The van der Waals surface area contributed by atoms with E-state index in [4.69, 9.17) is 10.5 Å². The predicted molar refractivity (Wildman–Crippen MR) is 88.9 cm³/mol. The van der Waals surface area contributed by atoms with E-state index >= 15 is 0 Å². The fraction of sp³-hybridized carbons (Fsp3) is 0.188. The SMILES string of the molecule is CCCOC(=O)c1ccc(Nc2cccc(Br)c2)c(N)c1. The zero-order chi connectivity index (χ0) is 15.2. The Morgan fingerprint density at radius 2 is 2.10 bits per heavy atom. The van der Waals surface area contributed by atoms with Crippen LogP contribution in [0.5, 0.6) is 0 Å². The van der Waals surface area contributed by atoms with Crippen molar-refractivity contribution in [3.05, 3.63) is 52.5 Å². The van der Waals surface area contributed by atoms with Crippen LogP contribution in [-0.4, -0.2) is 12.6 Å². The number of anilines is 3. The Bertz CT molecular complexity index is 644. The number of benzene rings is 2. The third kappa shape index (κ3) is 4.23. The van der Waals surface area contributed by atoms with Gasteiger partial charge < -0.3 is 15.8 Å². The molecule has 2 aromatic carbocycles. The van der Waals surface area contributed by atoms with Crippen LogP contribution in [0.4, 0.5) is 17.1 Å². The Balaban J connectivity index is 2.14. The predicted octanol–water partition coefficient (Wildman–Crippen LogP) is 4.34. The molecule has 2 aromatic rings. The summed E-state index contributed by atoms with van der Waals surface area (Å²) < 4.78 is 6.06. The van der Waals surface area contributed by atoms with Crippen molar-refractivity contribution in [2.45, 2.75) is 13.3 Å². The van der Waals surface area contributed by atoms with Crippen molar-refractivity contribution in [3.63, 3.8) is 0 Å². The van der Waals surface area contributed by atoms with Gasteiger partial charge in [0.25, 0.3) is 0 Å². The van der Waals surface area contributed by atoms with Crippen LogP contribution in [0.2, 0.25) is 0 Å². The summed E-state index contributed by atoms with van der Waals surface area (Å²) >= 11 is 3.42. The number of carbonyl (C=O) groups is 1. The Labute approximate surface area is 132 Å². The molecule has 0 radical (unpaired) electrons. The maximum atomic E-state index is 11.8. The number of nitrogens with two attached hydrogens (primary N) is 1. The second-order valence-electron chi connectivity index (χ2n) is 4.57. The minimum Gasteiger partial charge on any atom is -0.462 e. The Kier molecular flexibility index (Phi) is 5.22. The minimum atomic E-state index is -0.349. The van der Waals surface area contributed by atoms with Crippen LogP contribution in [0.15, 0.2) is 46.9 Å². The van der Waals surface area contributed by atoms with Crippen LogP contribution in [-0.2, 0) is 4.74 Å². The number of hydrogen-bond acceptors (Lipinski definition) is 4. The number of carbonyl (C=O) groups excluding carboxylic acids is 1. The van der Waals surface area contributed by atoms with E-state index in [1.807, 2.05) is 31.2 Å². The topological polar surface area (TPSA) is 64.3 Å². The van der Waals surface area contributed by atoms with E-state index in [9.17, 15) is 4.79 Å². The number of ether oxygens (including phenoxy) is 1. The summed E-state index contributed by atoms with van der Waals surface area (Å²) in [6.45, 7) is 2.36. The average Bonchev–Trinajstić information content (AvgIpc) is 2.47. The molecule has 3 N–H and O–H groups in total. The molecule has 0 spiro atoms. The molecule has 0 fully saturated rings. The van der Waals surface area contributed by atoms with E-state index in [0.717, 1.165) is 22.3 Å². The molecule has 0 amide bonds. The zero-order valence-corrected chi connectivity index (χ0v) is 13.3. The van der Waals surface area contributed by atoms with Crippen LogP contribution >= 0.6 is 15.9 Å². The molecule has 4 nitrogen and oxygen atoms in total. The summed E-state index contributed by atoms with van der Waals surface area (Å²) in [6.07, 6.45) is 0.795. The van der Waals surface area contributed by atoms with Crippen LogP contribution in [0.1, 0.15) is 23.7 Å². The van der Waals surface area contributed by atoms with Crippen LogP contribution in [0.3, 0.4) is 0 Å². The fourth-order valence-corrected chi connectivity index (χ4v) is 2.20. The number of esters is 1. The van der Waals surface area contributed by atoms with Crippen molar-refractivity contribution in [1.29, 1.82) is 0 Å². The first-order valence-electron chi connectivity index (χ1n) is 6.69. The molecular formula is C16H17BrN2O2. The lowest BCUT2D eigenvalue weighted by Gasteiger charge is -2.11. The zero-order valence-electron chi connectivity index (χ0n) is 11.7. The largest absolute Gasteiger partial charge is 0.462 e. The van der Waals surface area contributed by atoms with Crippen molar-refractivity contribution in [2.75, 3.05) is 17.7 Å². The second-order valence-corrected chi connectivity index (χ2v) is 5.49. The quantitative estimate of drug-likeness (QED) is 0.623.